The van der Waals surface area contributed by atoms with Crippen LogP contribution in [0.2, 0.25) is 0 Å². The maximum absolute atomic E-state index is 11.5. The molecule has 0 aromatic carbocycles. The van der Waals surface area contributed by atoms with Gasteiger partial charge >= 0.3 is 6.09 Å². The van der Waals surface area contributed by atoms with Gasteiger partial charge in [0.2, 0.25) is 10.0 Å². The summed E-state index contributed by atoms with van der Waals surface area (Å²) in [7, 11) is -3.14. The number of sulfonamides is 1. The van der Waals surface area contributed by atoms with Gasteiger partial charge in [0.15, 0.2) is 5.96 Å². The molecule has 0 heterocycles. The van der Waals surface area contributed by atoms with E-state index in [1.807, 2.05) is 27.7 Å². The fraction of sp³-hybridized carbons (Fsp3) is 0.875. The summed E-state index contributed by atoms with van der Waals surface area (Å²) in [6.07, 6.45) is 0.914. The van der Waals surface area contributed by atoms with Crippen molar-refractivity contribution < 1.29 is 17.9 Å². The predicted octanol–water partition coefficient (Wildman–Crippen LogP) is 0.786. The highest BCUT2D eigenvalue weighted by atomic mass is 32.2. The molecule has 4 N–H and O–H groups in total. The Kier molecular flexibility index (Phi) is 12.0. The van der Waals surface area contributed by atoms with Gasteiger partial charge in [0, 0.05) is 32.7 Å². The van der Waals surface area contributed by atoms with E-state index in [2.05, 4.69) is 25.7 Å². The van der Waals surface area contributed by atoms with Crippen LogP contribution in [-0.4, -0.2) is 64.5 Å². The van der Waals surface area contributed by atoms with E-state index in [-0.39, 0.29) is 5.75 Å². The minimum atomic E-state index is -3.14. The Morgan fingerprint density at radius 1 is 1.00 bits per heavy atom. The van der Waals surface area contributed by atoms with E-state index in [4.69, 9.17) is 4.74 Å². The number of nitrogens with zero attached hydrogens (tertiary/aromatic N) is 1. The molecule has 0 unspecified atom stereocenters. The average molecular weight is 394 g/mol. The number of nitrogens with one attached hydrogen (secondary N) is 4. The second kappa shape index (κ2) is 12.7. The van der Waals surface area contributed by atoms with Crippen LogP contribution >= 0.6 is 0 Å². The van der Waals surface area contributed by atoms with Crippen LogP contribution in [0.4, 0.5) is 4.79 Å². The minimum Gasteiger partial charge on any atom is -0.444 e. The first-order valence-corrected chi connectivity index (χ1v) is 10.7. The second-order valence-electron chi connectivity index (χ2n) is 6.62. The Morgan fingerprint density at radius 2 is 1.65 bits per heavy atom. The van der Waals surface area contributed by atoms with E-state index in [1.54, 1.807) is 6.92 Å². The number of carbonyl (C=O) groups excluding carboxylic acids is 1. The Morgan fingerprint density at radius 3 is 2.23 bits per heavy atom. The van der Waals surface area contributed by atoms with Gasteiger partial charge < -0.3 is 20.7 Å². The molecular weight excluding hydrogens is 358 g/mol. The molecule has 0 atom stereocenters. The number of hydrogen-bond donors (Lipinski definition) is 4. The van der Waals surface area contributed by atoms with Gasteiger partial charge in [-0.3, -0.25) is 4.99 Å². The van der Waals surface area contributed by atoms with E-state index in [0.717, 1.165) is 6.54 Å². The molecule has 9 nitrogen and oxygen atoms in total. The second-order valence-corrected chi connectivity index (χ2v) is 8.72. The summed E-state index contributed by atoms with van der Waals surface area (Å²) >= 11 is 0. The van der Waals surface area contributed by atoms with Crippen molar-refractivity contribution in [3.63, 3.8) is 0 Å². The van der Waals surface area contributed by atoms with E-state index in [9.17, 15) is 13.2 Å². The normalized spacial score (nSPS) is 12.6. The van der Waals surface area contributed by atoms with Crippen LogP contribution < -0.4 is 20.7 Å². The number of aliphatic imine (C=N–C) groups is 1. The summed E-state index contributed by atoms with van der Waals surface area (Å²) in [6.45, 7) is 11.8. The molecule has 0 aliphatic heterocycles. The van der Waals surface area contributed by atoms with Crippen molar-refractivity contribution in [2.24, 2.45) is 4.99 Å². The molecule has 0 saturated carbocycles. The lowest BCUT2D eigenvalue weighted by Gasteiger charge is -2.19. The predicted molar refractivity (Wildman–Crippen MR) is 105 cm³/mol. The summed E-state index contributed by atoms with van der Waals surface area (Å²) in [4.78, 5) is 15.9. The van der Waals surface area contributed by atoms with Crippen molar-refractivity contribution >= 4 is 22.1 Å². The van der Waals surface area contributed by atoms with Crippen LogP contribution in [0.1, 0.15) is 47.5 Å². The third kappa shape index (κ3) is 14.8. The monoisotopic (exact) mass is 393 g/mol. The molecule has 0 saturated heterocycles. The molecular formula is C16H35N5O4S. The first-order chi connectivity index (χ1) is 12.1. The zero-order valence-corrected chi connectivity index (χ0v) is 17.5. The third-order valence-corrected chi connectivity index (χ3v) is 4.37. The summed E-state index contributed by atoms with van der Waals surface area (Å²) < 4.78 is 30.3. The fourth-order valence-electron chi connectivity index (χ4n) is 1.74. The summed E-state index contributed by atoms with van der Waals surface area (Å²) in [5.41, 5.74) is -0.504. The number of carbonyl (C=O) groups is 1. The third-order valence-electron chi connectivity index (χ3n) is 2.97. The fourth-order valence-corrected chi connectivity index (χ4v) is 2.40. The van der Waals surface area contributed by atoms with E-state index < -0.39 is 21.7 Å². The zero-order valence-electron chi connectivity index (χ0n) is 16.6. The maximum Gasteiger partial charge on any atom is 0.407 e. The molecule has 0 aliphatic carbocycles. The van der Waals surface area contributed by atoms with Gasteiger partial charge in [-0.05, 0) is 47.5 Å². The molecule has 0 fully saturated rings. The van der Waals surface area contributed by atoms with Gasteiger partial charge in [0.05, 0.1) is 5.75 Å². The number of alkyl carbamates (subject to hydrolysis) is 1. The summed E-state index contributed by atoms with van der Waals surface area (Å²) in [5.74, 6) is 0.755. The molecule has 1 amide bonds. The van der Waals surface area contributed by atoms with Crippen molar-refractivity contribution in [1.82, 2.24) is 20.7 Å². The van der Waals surface area contributed by atoms with Gasteiger partial charge in [-0.25, -0.2) is 17.9 Å². The first-order valence-electron chi connectivity index (χ1n) is 9.06. The SMILES string of the molecule is CCNC(=NCCCNC(=O)OC(C)(C)C)NCCCNS(=O)(=O)CC. The minimum absolute atomic E-state index is 0.0852. The Balaban J connectivity index is 4.00. The van der Waals surface area contributed by atoms with Crippen molar-refractivity contribution in [2.45, 2.75) is 53.1 Å². The number of rotatable bonds is 11. The molecule has 0 rings (SSSR count). The smallest absolute Gasteiger partial charge is 0.407 e. The highest BCUT2D eigenvalue weighted by Gasteiger charge is 2.15. The van der Waals surface area contributed by atoms with Gasteiger partial charge in [0.1, 0.15) is 5.60 Å². The van der Waals surface area contributed by atoms with Crippen LogP contribution in [0.3, 0.4) is 0 Å². The van der Waals surface area contributed by atoms with Gasteiger partial charge in [-0.1, -0.05) is 0 Å². The van der Waals surface area contributed by atoms with Crippen molar-refractivity contribution in [1.29, 1.82) is 0 Å². The lowest BCUT2D eigenvalue weighted by Crippen LogP contribution is -2.39. The Labute approximate surface area is 157 Å². The average Bonchev–Trinajstić information content (AvgIpc) is 2.52. The molecule has 0 aliphatic rings. The molecule has 0 aromatic heterocycles. The molecule has 154 valence electrons. The standard InChI is InChI=1S/C16H35N5O4S/c1-6-17-14(19-11-9-13-21-26(23,24)7-2)18-10-8-12-20-15(22)25-16(3,4)5/h21H,6-13H2,1-5H3,(H,20,22)(H2,17,18,19). The quantitative estimate of drug-likeness (QED) is 0.234. The number of guanidine groups is 1. The summed E-state index contributed by atoms with van der Waals surface area (Å²) in [5, 5.41) is 8.96. The lowest BCUT2D eigenvalue weighted by molar-refractivity contribution is 0.0527. The number of hydrogen-bond acceptors (Lipinski definition) is 5. The van der Waals surface area contributed by atoms with Crippen molar-refractivity contribution in [2.75, 3.05) is 38.5 Å². The van der Waals surface area contributed by atoms with E-state index in [1.165, 1.54) is 0 Å². The molecule has 26 heavy (non-hydrogen) atoms. The Bertz CT molecular complexity index is 529. The molecule has 0 bridgehead atoms. The largest absolute Gasteiger partial charge is 0.444 e. The van der Waals surface area contributed by atoms with Crippen molar-refractivity contribution in [3.05, 3.63) is 0 Å². The van der Waals surface area contributed by atoms with Crippen LogP contribution in [0.25, 0.3) is 0 Å². The van der Waals surface area contributed by atoms with Crippen LogP contribution in [0, 0.1) is 0 Å². The molecule has 0 aromatic rings. The van der Waals surface area contributed by atoms with Gasteiger partial charge in [-0.2, -0.15) is 0 Å². The molecule has 10 heteroatoms. The zero-order chi connectivity index (χ0) is 20.1. The first kappa shape index (κ1) is 24.5. The van der Waals surface area contributed by atoms with Crippen LogP contribution in [-0.2, 0) is 14.8 Å². The van der Waals surface area contributed by atoms with Crippen LogP contribution in [0.5, 0.6) is 0 Å². The molecule has 0 spiro atoms. The van der Waals surface area contributed by atoms with E-state index in [0.29, 0.717) is 45.0 Å². The highest BCUT2D eigenvalue weighted by Crippen LogP contribution is 2.06. The maximum atomic E-state index is 11.5. The topological polar surface area (TPSA) is 121 Å². The number of amides is 1. The lowest BCUT2D eigenvalue weighted by atomic mass is 10.2. The Hall–Kier alpha value is -1.55. The van der Waals surface area contributed by atoms with Gasteiger partial charge in [-0.15, -0.1) is 0 Å². The van der Waals surface area contributed by atoms with Crippen molar-refractivity contribution in [3.8, 4) is 0 Å². The number of ether oxygens (including phenoxy) is 1. The van der Waals surface area contributed by atoms with E-state index >= 15 is 0 Å². The summed E-state index contributed by atoms with van der Waals surface area (Å²) in [6, 6.07) is 0. The van der Waals surface area contributed by atoms with Crippen LogP contribution in [0.15, 0.2) is 4.99 Å². The van der Waals surface area contributed by atoms with Gasteiger partial charge in [0.25, 0.3) is 0 Å². The molecule has 0 radical (unpaired) electrons. The highest BCUT2D eigenvalue weighted by molar-refractivity contribution is 7.89.